The van der Waals surface area contributed by atoms with Gasteiger partial charge >= 0.3 is 0 Å². The molecular formula is C17H22N2O3. The number of methoxy groups -OCH3 is 1. The molecule has 1 aromatic carbocycles. The first-order valence-electron chi connectivity index (χ1n) is 7.59. The van der Waals surface area contributed by atoms with Gasteiger partial charge in [-0.1, -0.05) is 37.1 Å². The maximum atomic E-state index is 11.8. The van der Waals surface area contributed by atoms with Gasteiger partial charge in [-0.05, 0) is 18.6 Å². The van der Waals surface area contributed by atoms with Gasteiger partial charge in [-0.25, -0.2) is 0 Å². The zero-order chi connectivity index (χ0) is 15.8. The van der Waals surface area contributed by atoms with Crippen molar-refractivity contribution in [2.75, 3.05) is 13.7 Å². The van der Waals surface area contributed by atoms with E-state index in [1.807, 2.05) is 24.3 Å². The quantitative estimate of drug-likeness (QED) is 0.761. The molecule has 0 radical (unpaired) electrons. The monoisotopic (exact) mass is 302 g/mol. The normalized spacial score (nSPS) is 10.5. The predicted molar refractivity (Wildman–Crippen MR) is 84.7 cm³/mol. The van der Waals surface area contributed by atoms with Gasteiger partial charge in [0.25, 0.3) is 0 Å². The third-order valence-electron chi connectivity index (χ3n) is 3.36. The first-order valence-corrected chi connectivity index (χ1v) is 7.59. The summed E-state index contributed by atoms with van der Waals surface area (Å²) in [6.07, 6.45) is 3.52. The summed E-state index contributed by atoms with van der Waals surface area (Å²) in [5.41, 5.74) is 1.51. The number of nitrogens with one attached hydrogen (secondary N) is 1. The van der Waals surface area contributed by atoms with Gasteiger partial charge in [-0.3, -0.25) is 4.79 Å². The lowest BCUT2D eigenvalue weighted by Gasteiger charge is -2.02. The lowest BCUT2D eigenvalue weighted by Crippen LogP contribution is -2.26. The maximum absolute atomic E-state index is 11.8. The highest BCUT2D eigenvalue weighted by Crippen LogP contribution is 2.24. The van der Waals surface area contributed by atoms with Crippen LogP contribution in [0, 0.1) is 0 Å². The molecule has 118 valence electrons. The summed E-state index contributed by atoms with van der Waals surface area (Å²) in [6.45, 7) is 2.85. The van der Waals surface area contributed by atoms with E-state index in [0.29, 0.717) is 18.0 Å². The minimum absolute atomic E-state index is 0.0263. The molecule has 0 spiro atoms. The smallest absolute Gasteiger partial charge is 0.226 e. The second kappa shape index (κ2) is 8.22. The van der Waals surface area contributed by atoms with Crippen LogP contribution in [0.3, 0.4) is 0 Å². The SMILES string of the molecule is CCCCCNC(=O)Cc1cc(-c2cccc(OC)c2)on1. The highest BCUT2D eigenvalue weighted by Gasteiger charge is 2.11. The molecule has 0 unspecified atom stereocenters. The fourth-order valence-corrected chi connectivity index (χ4v) is 2.14. The van der Waals surface area contributed by atoms with Gasteiger partial charge in [0, 0.05) is 18.2 Å². The van der Waals surface area contributed by atoms with Gasteiger partial charge in [0.05, 0.1) is 19.2 Å². The Balaban J connectivity index is 1.92. The van der Waals surface area contributed by atoms with Crippen molar-refractivity contribution >= 4 is 5.91 Å². The third kappa shape index (κ3) is 4.62. The number of benzene rings is 1. The Bertz CT molecular complexity index is 607. The average Bonchev–Trinajstić information content (AvgIpc) is 3.00. The van der Waals surface area contributed by atoms with E-state index in [0.717, 1.165) is 30.6 Å². The Morgan fingerprint density at radius 1 is 1.32 bits per heavy atom. The van der Waals surface area contributed by atoms with Gasteiger partial charge in [0.1, 0.15) is 5.75 Å². The van der Waals surface area contributed by atoms with E-state index in [9.17, 15) is 4.79 Å². The molecule has 5 heteroatoms. The lowest BCUT2D eigenvalue weighted by molar-refractivity contribution is -0.120. The number of rotatable bonds is 8. The van der Waals surface area contributed by atoms with Crippen LogP contribution in [-0.4, -0.2) is 24.7 Å². The molecule has 0 atom stereocenters. The second-order valence-corrected chi connectivity index (χ2v) is 5.15. The molecular weight excluding hydrogens is 280 g/mol. The number of aromatic nitrogens is 1. The lowest BCUT2D eigenvalue weighted by atomic mass is 10.1. The summed E-state index contributed by atoms with van der Waals surface area (Å²) in [7, 11) is 1.62. The van der Waals surface area contributed by atoms with Crippen LogP contribution in [0.5, 0.6) is 5.75 Å². The fraction of sp³-hybridized carbons (Fsp3) is 0.412. The summed E-state index contributed by atoms with van der Waals surface area (Å²) in [5.74, 6) is 1.36. The van der Waals surface area contributed by atoms with Crippen molar-refractivity contribution < 1.29 is 14.1 Å². The molecule has 22 heavy (non-hydrogen) atoms. The molecule has 0 fully saturated rings. The van der Waals surface area contributed by atoms with Crippen LogP contribution >= 0.6 is 0 Å². The molecule has 1 heterocycles. The highest BCUT2D eigenvalue weighted by molar-refractivity contribution is 5.78. The Hall–Kier alpha value is -2.30. The number of ether oxygens (including phenoxy) is 1. The van der Waals surface area contributed by atoms with E-state index in [1.54, 1.807) is 13.2 Å². The molecule has 1 aromatic heterocycles. The first kappa shape index (κ1) is 16.1. The van der Waals surface area contributed by atoms with Crippen LogP contribution in [0.2, 0.25) is 0 Å². The van der Waals surface area contributed by atoms with Crippen LogP contribution in [0.25, 0.3) is 11.3 Å². The van der Waals surface area contributed by atoms with Crippen molar-refractivity contribution in [2.24, 2.45) is 0 Å². The summed E-state index contributed by atoms with van der Waals surface area (Å²) in [6, 6.07) is 9.33. The van der Waals surface area contributed by atoms with Crippen molar-refractivity contribution in [1.29, 1.82) is 0 Å². The Labute approximate surface area is 130 Å². The number of carbonyl (C=O) groups excluding carboxylic acids is 1. The van der Waals surface area contributed by atoms with Gasteiger partial charge in [0.2, 0.25) is 5.91 Å². The van der Waals surface area contributed by atoms with Crippen LogP contribution < -0.4 is 10.1 Å². The molecule has 0 saturated heterocycles. The number of nitrogens with zero attached hydrogens (tertiary/aromatic N) is 1. The molecule has 1 N–H and O–H groups in total. The Kier molecular flexibility index (Phi) is 6.01. The van der Waals surface area contributed by atoms with Gasteiger partial charge in [-0.2, -0.15) is 0 Å². The summed E-state index contributed by atoms with van der Waals surface area (Å²) in [5, 5.41) is 6.85. The number of amides is 1. The molecule has 0 bridgehead atoms. The molecule has 5 nitrogen and oxygen atoms in total. The topological polar surface area (TPSA) is 64.4 Å². The zero-order valence-electron chi connectivity index (χ0n) is 13.1. The first-order chi connectivity index (χ1) is 10.7. The van der Waals surface area contributed by atoms with Crippen molar-refractivity contribution in [2.45, 2.75) is 32.6 Å². The average molecular weight is 302 g/mol. The summed E-state index contributed by atoms with van der Waals surface area (Å²) in [4.78, 5) is 11.8. The largest absolute Gasteiger partial charge is 0.497 e. The third-order valence-corrected chi connectivity index (χ3v) is 3.36. The van der Waals surface area contributed by atoms with E-state index in [1.165, 1.54) is 0 Å². The van der Waals surface area contributed by atoms with Crippen molar-refractivity contribution in [1.82, 2.24) is 10.5 Å². The van der Waals surface area contributed by atoms with Gasteiger partial charge in [-0.15, -0.1) is 0 Å². The highest BCUT2D eigenvalue weighted by atomic mass is 16.5. The second-order valence-electron chi connectivity index (χ2n) is 5.15. The van der Waals surface area contributed by atoms with Gasteiger partial charge < -0.3 is 14.6 Å². The predicted octanol–water partition coefficient (Wildman–Crippen LogP) is 3.20. The summed E-state index contributed by atoms with van der Waals surface area (Å²) >= 11 is 0. The van der Waals surface area contributed by atoms with Crippen LogP contribution in [0.4, 0.5) is 0 Å². The zero-order valence-corrected chi connectivity index (χ0v) is 13.1. The van der Waals surface area contributed by atoms with Crippen LogP contribution in [0.1, 0.15) is 31.9 Å². The minimum atomic E-state index is -0.0263. The van der Waals surface area contributed by atoms with E-state index >= 15 is 0 Å². The molecule has 0 aliphatic heterocycles. The van der Waals surface area contributed by atoms with Crippen LogP contribution in [-0.2, 0) is 11.2 Å². The maximum Gasteiger partial charge on any atom is 0.226 e. The molecule has 1 amide bonds. The van der Waals surface area contributed by atoms with E-state index < -0.39 is 0 Å². The molecule has 0 aliphatic rings. The Morgan fingerprint density at radius 2 is 2.18 bits per heavy atom. The molecule has 0 saturated carbocycles. The van der Waals surface area contributed by atoms with E-state index in [-0.39, 0.29) is 12.3 Å². The number of unbranched alkanes of at least 4 members (excludes halogenated alkanes) is 2. The van der Waals surface area contributed by atoms with Crippen molar-refractivity contribution in [3.63, 3.8) is 0 Å². The minimum Gasteiger partial charge on any atom is -0.497 e. The number of hydrogen-bond donors (Lipinski definition) is 1. The van der Waals surface area contributed by atoms with Crippen LogP contribution in [0.15, 0.2) is 34.9 Å². The molecule has 2 aromatic rings. The van der Waals surface area contributed by atoms with Crippen molar-refractivity contribution in [3.8, 4) is 17.1 Å². The van der Waals surface area contributed by atoms with E-state index in [2.05, 4.69) is 17.4 Å². The summed E-state index contributed by atoms with van der Waals surface area (Å²) < 4.78 is 10.5. The van der Waals surface area contributed by atoms with Crippen molar-refractivity contribution in [3.05, 3.63) is 36.0 Å². The Morgan fingerprint density at radius 3 is 2.95 bits per heavy atom. The standard InChI is InChI=1S/C17H22N2O3/c1-3-4-5-9-18-17(20)12-14-11-16(22-19-14)13-7-6-8-15(10-13)21-2/h6-8,10-11H,3-5,9,12H2,1-2H3,(H,18,20). The molecule has 0 aliphatic carbocycles. The molecule has 2 rings (SSSR count). The van der Waals surface area contributed by atoms with E-state index in [4.69, 9.17) is 9.26 Å². The number of carbonyl (C=O) groups is 1. The fourth-order valence-electron chi connectivity index (χ4n) is 2.14. The van der Waals surface area contributed by atoms with Gasteiger partial charge in [0.15, 0.2) is 5.76 Å². The number of hydrogen-bond acceptors (Lipinski definition) is 4.